The summed E-state index contributed by atoms with van der Waals surface area (Å²) in [5, 5.41) is 9.97. The Morgan fingerprint density at radius 1 is 0.231 bits per heavy atom. The van der Waals surface area contributed by atoms with Crippen LogP contribution in [0.2, 0.25) is 0 Å². The molecule has 10 rings (SSSR count). The second-order valence-electron chi connectivity index (χ2n) is 13.1. The fraction of sp³-hybridized carbons (Fsp3) is 0. The zero-order valence-electron chi connectivity index (χ0n) is 28.2. The van der Waals surface area contributed by atoms with Gasteiger partial charge in [0.2, 0.25) is 0 Å². The van der Waals surface area contributed by atoms with E-state index in [9.17, 15) is 0 Å². The van der Waals surface area contributed by atoms with E-state index in [0.29, 0.717) is 17.5 Å². The Kier molecular flexibility index (Phi) is 7.14. The minimum absolute atomic E-state index is 0.638. The van der Waals surface area contributed by atoms with E-state index in [1.54, 1.807) is 0 Å². The molecule has 0 radical (unpaired) electrons. The maximum Gasteiger partial charge on any atom is 0.164 e. The van der Waals surface area contributed by atoms with Gasteiger partial charge in [-0.2, -0.15) is 0 Å². The molecule has 9 aromatic carbocycles. The molecule has 0 bridgehead atoms. The predicted octanol–water partition coefficient (Wildman–Crippen LogP) is 12.8. The fourth-order valence-electron chi connectivity index (χ4n) is 7.69. The van der Waals surface area contributed by atoms with Crippen molar-refractivity contribution in [2.45, 2.75) is 0 Å². The van der Waals surface area contributed by atoms with Gasteiger partial charge < -0.3 is 0 Å². The van der Waals surface area contributed by atoms with Crippen LogP contribution >= 0.6 is 0 Å². The average Bonchev–Trinajstić information content (AvgIpc) is 3.24. The molecule has 0 atom stereocenters. The normalized spacial score (nSPS) is 11.5. The maximum absolute atomic E-state index is 5.20. The van der Waals surface area contributed by atoms with E-state index in [0.717, 1.165) is 33.4 Å². The highest BCUT2D eigenvalue weighted by molar-refractivity contribution is 6.33. The van der Waals surface area contributed by atoms with E-state index in [1.165, 1.54) is 48.7 Å². The van der Waals surface area contributed by atoms with Crippen molar-refractivity contribution in [1.82, 2.24) is 15.0 Å². The minimum atomic E-state index is 0.638. The number of benzene rings is 9. The second-order valence-corrected chi connectivity index (χ2v) is 13.1. The lowest BCUT2D eigenvalue weighted by Gasteiger charge is -2.18. The monoisotopic (exact) mass is 661 g/mol. The van der Waals surface area contributed by atoms with Crippen LogP contribution in [0.1, 0.15) is 0 Å². The first kappa shape index (κ1) is 29.9. The molecule has 0 N–H and O–H groups in total. The lowest BCUT2D eigenvalue weighted by atomic mass is 9.86. The third-order valence-corrected chi connectivity index (χ3v) is 10.1. The van der Waals surface area contributed by atoms with Gasteiger partial charge in [-0.1, -0.05) is 182 Å². The van der Waals surface area contributed by atoms with Crippen molar-refractivity contribution in [3.8, 4) is 56.4 Å². The van der Waals surface area contributed by atoms with Gasteiger partial charge in [-0.15, -0.1) is 0 Å². The smallest absolute Gasteiger partial charge is 0.164 e. The Hall–Kier alpha value is -6.97. The molecule has 1 aromatic heterocycles. The summed E-state index contributed by atoms with van der Waals surface area (Å²) in [5.41, 5.74) is 7.39. The quantitative estimate of drug-likeness (QED) is 0.172. The summed E-state index contributed by atoms with van der Waals surface area (Å²) >= 11 is 0. The molecule has 1 heterocycles. The van der Waals surface area contributed by atoms with Crippen LogP contribution in [0.4, 0.5) is 0 Å². The molecule has 0 saturated heterocycles. The van der Waals surface area contributed by atoms with Gasteiger partial charge in [0.25, 0.3) is 0 Å². The van der Waals surface area contributed by atoms with Crippen LogP contribution in [-0.2, 0) is 0 Å². The van der Waals surface area contributed by atoms with E-state index in [2.05, 4.69) is 164 Å². The highest BCUT2D eigenvalue weighted by Crippen LogP contribution is 2.44. The molecule has 0 unspecified atom stereocenters. The van der Waals surface area contributed by atoms with Crippen molar-refractivity contribution in [2.24, 2.45) is 0 Å². The van der Waals surface area contributed by atoms with Gasteiger partial charge in [-0.3, -0.25) is 0 Å². The number of nitrogens with zero attached hydrogens (tertiary/aromatic N) is 3. The number of aromatic nitrogens is 3. The summed E-state index contributed by atoms with van der Waals surface area (Å²) in [6, 6.07) is 66.3. The lowest BCUT2D eigenvalue weighted by molar-refractivity contribution is 1.07. The minimum Gasteiger partial charge on any atom is -0.208 e. The Bertz CT molecular complexity index is 2930. The lowest BCUT2D eigenvalue weighted by Crippen LogP contribution is -2.01. The van der Waals surface area contributed by atoms with Crippen LogP contribution in [0.5, 0.6) is 0 Å². The summed E-state index contributed by atoms with van der Waals surface area (Å²) in [7, 11) is 0. The van der Waals surface area contributed by atoms with Gasteiger partial charge in [0.15, 0.2) is 17.5 Å². The third kappa shape index (κ3) is 5.02. The van der Waals surface area contributed by atoms with Crippen LogP contribution < -0.4 is 0 Å². The molecule has 0 fully saturated rings. The van der Waals surface area contributed by atoms with Crippen LogP contribution in [0, 0.1) is 0 Å². The van der Waals surface area contributed by atoms with Crippen molar-refractivity contribution in [3.63, 3.8) is 0 Å². The molecule has 0 saturated carbocycles. The Morgan fingerprint density at radius 3 is 1.25 bits per heavy atom. The summed E-state index contributed by atoms with van der Waals surface area (Å²) in [6.07, 6.45) is 0. The zero-order chi connectivity index (χ0) is 34.4. The number of hydrogen-bond donors (Lipinski definition) is 0. The first-order valence-electron chi connectivity index (χ1n) is 17.6. The molecular formula is C49H31N3. The average molecular weight is 662 g/mol. The van der Waals surface area contributed by atoms with Crippen LogP contribution in [0.3, 0.4) is 0 Å². The molecule has 10 aromatic rings. The van der Waals surface area contributed by atoms with E-state index in [1.807, 2.05) is 24.3 Å². The molecule has 0 aliphatic heterocycles. The van der Waals surface area contributed by atoms with Crippen LogP contribution in [0.25, 0.3) is 99.5 Å². The van der Waals surface area contributed by atoms with Crippen LogP contribution in [0.15, 0.2) is 188 Å². The van der Waals surface area contributed by atoms with Crippen molar-refractivity contribution in [3.05, 3.63) is 188 Å². The standard InChI is InChI=1S/C49H31N3/c1-3-15-32(16-4-1)33-27-29-35(30-28-33)48-50-47(34-17-5-2-6-18-34)51-49(52-48)43-26-14-11-23-40(43)44-31-45-38-21-8-7-19-36(38)37-20-9-12-24-41(37)46(45)42-25-13-10-22-39(42)44/h1-31H. The largest absolute Gasteiger partial charge is 0.208 e. The first-order valence-corrected chi connectivity index (χ1v) is 17.6. The van der Waals surface area contributed by atoms with Gasteiger partial charge in [-0.05, 0) is 71.4 Å². The Labute approximate surface area is 301 Å². The molecule has 242 valence electrons. The van der Waals surface area contributed by atoms with Crippen LogP contribution in [-0.4, -0.2) is 15.0 Å². The van der Waals surface area contributed by atoms with Crippen molar-refractivity contribution in [2.75, 3.05) is 0 Å². The number of rotatable bonds is 5. The van der Waals surface area contributed by atoms with Gasteiger partial charge in [0.05, 0.1) is 0 Å². The van der Waals surface area contributed by atoms with E-state index < -0.39 is 0 Å². The summed E-state index contributed by atoms with van der Waals surface area (Å²) in [6.45, 7) is 0. The van der Waals surface area contributed by atoms with Gasteiger partial charge in [0.1, 0.15) is 0 Å². The van der Waals surface area contributed by atoms with Crippen molar-refractivity contribution < 1.29 is 0 Å². The molecule has 0 amide bonds. The van der Waals surface area contributed by atoms with Crippen molar-refractivity contribution >= 4 is 43.1 Å². The number of hydrogen-bond acceptors (Lipinski definition) is 3. The highest BCUT2D eigenvalue weighted by atomic mass is 15.0. The zero-order valence-corrected chi connectivity index (χ0v) is 28.2. The summed E-state index contributed by atoms with van der Waals surface area (Å²) < 4.78 is 0. The molecule has 0 aliphatic rings. The number of fused-ring (bicyclic) bond motifs is 8. The van der Waals surface area contributed by atoms with E-state index in [4.69, 9.17) is 15.0 Å². The molecule has 52 heavy (non-hydrogen) atoms. The predicted molar refractivity (Wildman–Crippen MR) is 217 cm³/mol. The SMILES string of the molecule is c1ccc(-c2ccc(-c3nc(-c4ccccc4)nc(-c4ccccc4-c4cc5c6ccccc6c6ccccc6c5c5ccccc45)n3)cc2)cc1. The van der Waals surface area contributed by atoms with Gasteiger partial charge in [-0.25, -0.2) is 15.0 Å². The third-order valence-electron chi connectivity index (χ3n) is 10.1. The van der Waals surface area contributed by atoms with E-state index in [-0.39, 0.29) is 0 Å². The highest BCUT2D eigenvalue weighted by Gasteiger charge is 2.19. The Balaban J connectivity index is 1.22. The van der Waals surface area contributed by atoms with Gasteiger partial charge in [0, 0.05) is 16.7 Å². The first-order chi connectivity index (χ1) is 25.8. The second kappa shape index (κ2) is 12.4. The molecule has 3 heteroatoms. The maximum atomic E-state index is 5.20. The summed E-state index contributed by atoms with van der Waals surface area (Å²) in [5.74, 6) is 1.92. The fourth-order valence-corrected chi connectivity index (χ4v) is 7.69. The van der Waals surface area contributed by atoms with E-state index >= 15 is 0 Å². The van der Waals surface area contributed by atoms with Crippen molar-refractivity contribution in [1.29, 1.82) is 0 Å². The molecule has 3 nitrogen and oxygen atoms in total. The summed E-state index contributed by atoms with van der Waals surface area (Å²) in [4.78, 5) is 15.4. The Morgan fingerprint density at radius 2 is 0.615 bits per heavy atom. The van der Waals surface area contributed by atoms with Gasteiger partial charge >= 0.3 is 0 Å². The topological polar surface area (TPSA) is 38.7 Å². The molecule has 0 spiro atoms. The molecule has 0 aliphatic carbocycles. The molecular weight excluding hydrogens is 631 g/mol.